The van der Waals surface area contributed by atoms with Crippen molar-refractivity contribution in [2.75, 3.05) is 24.6 Å². The summed E-state index contributed by atoms with van der Waals surface area (Å²) in [4.78, 5) is 11.9. The number of thioether (sulfide) groups is 1. The van der Waals surface area contributed by atoms with Crippen LogP contribution in [0.2, 0.25) is 0 Å². The second kappa shape index (κ2) is 10.8. The summed E-state index contributed by atoms with van der Waals surface area (Å²) in [5, 5.41) is 16.3. The zero-order valence-electron chi connectivity index (χ0n) is 14.2. The molecule has 0 radical (unpaired) electrons. The van der Waals surface area contributed by atoms with Gasteiger partial charge in [0.25, 0.3) is 0 Å². The van der Waals surface area contributed by atoms with Crippen LogP contribution in [0.5, 0.6) is 5.75 Å². The number of carbonyl (C=O) groups is 1. The number of aliphatic hydroxyl groups is 1. The molecular weight excluding hydrogens is 348 g/mol. The van der Waals surface area contributed by atoms with Crippen molar-refractivity contribution in [2.24, 2.45) is 0 Å². The van der Waals surface area contributed by atoms with E-state index in [0.29, 0.717) is 6.42 Å². The van der Waals surface area contributed by atoms with Crippen molar-refractivity contribution in [3.05, 3.63) is 29.8 Å². The first-order valence-electron chi connectivity index (χ1n) is 8.07. The lowest BCUT2D eigenvalue weighted by Gasteiger charge is -2.22. The van der Waals surface area contributed by atoms with Crippen molar-refractivity contribution in [2.45, 2.75) is 38.5 Å². The van der Waals surface area contributed by atoms with E-state index >= 15 is 0 Å². The maximum absolute atomic E-state index is 11.9. The Kier molecular flexibility index (Phi) is 9.51. The number of benzene rings is 1. The number of ether oxygens (including phenoxy) is 1. The smallest absolute Gasteiger partial charge is 0.221 e. The lowest BCUT2D eigenvalue weighted by Crippen LogP contribution is -2.41. The molecule has 0 spiro atoms. The van der Waals surface area contributed by atoms with E-state index in [1.54, 1.807) is 0 Å². The van der Waals surface area contributed by atoms with Gasteiger partial charge in [-0.1, -0.05) is 12.1 Å². The van der Waals surface area contributed by atoms with Gasteiger partial charge in [0, 0.05) is 37.1 Å². The fourth-order valence-corrected chi connectivity index (χ4v) is 3.36. The van der Waals surface area contributed by atoms with Crippen LogP contribution < -0.4 is 15.4 Å². The first-order valence-corrected chi connectivity index (χ1v) is 9.22. The fraction of sp³-hybridized carbons (Fsp3) is 0.588. The molecule has 0 saturated carbocycles. The summed E-state index contributed by atoms with van der Waals surface area (Å²) in [6.45, 7) is 5.12. The summed E-state index contributed by atoms with van der Waals surface area (Å²) in [5.74, 6) is 2.82. The lowest BCUT2D eigenvalue weighted by atomic mass is 10.1. The first kappa shape index (κ1) is 21.1. The quantitative estimate of drug-likeness (QED) is 0.682. The Hall–Kier alpha value is -0.950. The molecule has 3 N–H and O–H groups in total. The predicted molar refractivity (Wildman–Crippen MR) is 101 cm³/mol. The van der Waals surface area contributed by atoms with Gasteiger partial charge in [-0.15, -0.1) is 12.4 Å². The fourth-order valence-electron chi connectivity index (χ4n) is 2.42. The van der Waals surface area contributed by atoms with Crippen molar-refractivity contribution >= 4 is 30.1 Å². The monoisotopic (exact) mass is 374 g/mol. The molecule has 0 aromatic heterocycles. The van der Waals surface area contributed by atoms with Crippen LogP contribution in [0.4, 0.5) is 0 Å². The maximum Gasteiger partial charge on any atom is 0.221 e. The number of hydrogen-bond donors (Lipinski definition) is 3. The third kappa shape index (κ3) is 7.30. The summed E-state index contributed by atoms with van der Waals surface area (Å²) >= 11 is 1.87. The number of halogens is 1. The maximum atomic E-state index is 11.9. The minimum absolute atomic E-state index is 0. The van der Waals surface area contributed by atoms with Gasteiger partial charge in [0.2, 0.25) is 5.91 Å². The zero-order valence-corrected chi connectivity index (χ0v) is 15.8. The number of hydrogen-bond acceptors (Lipinski definition) is 5. The second-order valence-electron chi connectivity index (χ2n) is 5.99. The Bertz CT molecular complexity index is 493. The van der Waals surface area contributed by atoms with Crippen molar-refractivity contribution < 1.29 is 14.6 Å². The first-order chi connectivity index (χ1) is 11.0. The molecule has 1 aromatic rings. The minimum atomic E-state index is -0.708. The van der Waals surface area contributed by atoms with E-state index in [1.807, 2.05) is 49.9 Å². The summed E-state index contributed by atoms with van der Waals surface area (Å²) in [5.41, 5.74) is 0.771. The van der Waals surface area contributed by atoms with E-state index in [0.717, 1.165) is 29.4 Å². The van der Waals surface area contributed by atoms with Crippen LogP contribution in [0, 0.1) is 0 Å². The van der Waals surface area contributed by atoms with Gasteiger partial charge in [0.1, 0.15) is 5.75 Å². The second-order valence-corrected chi connectivity index (χ2v) is 7.14. The standard InChI is InChI=1S/C17H26N2O3S.ClH/c1-12(2)22-15-5-3-13(4-6-15)16(20)10-19-17(21)9-14-11-23-8-7-18-14;/h3-6,12,14,16,18,20H,7-11H2,1-2H3,(H,19,21);1H. The van der Waals surface area contributed by atoms with Crippen molar-refractivity contribution in [3.8, 4) is 5.75 Å². The molecule has 5 nitrogen and oxygen atoms in total. The molecule has 1 saturated heterocycles. The molecule has 1 amide bonds. The molecule has 1 aliphatic heterocycles. The molecule has 7 heteroatoms. The van der Waals surface area contributed by atoms with Gasteiger partial charge in [-0.3, -0.25) is 4.79 Å². The highest BCUT2D eigenvalue weighted by molar-refractivity contribution is 7.99. The van der Waals surface area contributed by atoms with Gasteiger partial charge in [-0.2, -0.15) is 11.8 Å². The SMILES string of the molecule is CC(C)Oc1ccc(C(O)CNC(=O)CC2CSCCN2)cc1.Cl. The van der Waals surface area contributed by atoms with Gasteiger partial charge in [0.05, 0.1) is 12.2 Å². The summed E-state index contributed by atoms with van der Waals surface area (Å²) in [6, 6.07) is 7.56. The third-order valence-corrected chi connectivity index (χ3v) is 4.69. The van der Waals surface area contributed by atoms with Gasteiger partial charge < -0.3 is 20.5 Å². The van der Waals surface area contributed by atoms with E-state index in [1.165, 1.54) is 0 Å². The Morgan fingerprint density at radius 2 is 2.12 bits per heavy atom. The Balaban J connectivity index is 0.00000288. The van der Waals surface area contributed by atoms with Crippen molar-refractivity contribution in [1.82, 2.24) is 10.6 Å². The number of carbonyl (C=O) groups excluding carboxylic acids is 1. The number of rotatable bonds is 7. The molecule has 2 unspecified atom stereocenters. The summed E-state index contributed by atoms with van der Waals surface area (Å²) in [6.07, 6.45) is -0.127. The topological polar surface area (TPSA) is 70.6 Å². The third-order valence-electron chi connectivity index (χ3n) is 3.56. The molecule has 1 aliphatic rings. The van der Waals surface area contributed by atoms with Gasteiger partial charge in [-0.25, -0.2) is 0 Å². The van der Waals surface area contributed by atoms with Gasteiger partial charge >= 0.3 is 0 Å². The van der Waals surface area contributed by atoms with Crippen molar-refractivity contribution in [1.29, 1.82) is 0 Å². The number of nitrogens with one attached hydrogen (secondary N) is 2. The molecule has 2 rings (SSSR count). The van der Waals surface area contributed by atoms with E-state index in [4.69, 9.17) is 4.74 Å². The van der Waals surface area contributed by atoms with Gasteiger partial charge in [-0.05, 0) is 31.5 Å². The Morgan fingerprint density at radius 1 is 1.42 bits per heavy atom. The van der Waals surface area contributed by atoms with Crippen LogP contribution in [0.25, 0.3) is 0 Å². The van der Waals surface area contributed by atoms with Crippen LogP contribution >= 0.6 is 24.2 Å². The van der Waals surface area contributed by atoms with Gasteiger partial charge in [0.15, 0.2) is 0 Å². The lowest BCUT2D eigenvalue weighted by molar-refractivity contribution is -0.121. The Labute approximate surface area is 154 Å². The molecule has 136 valence electrons. The Morgan fingerprint density at radius 3 is 2.71 bits per heavy atom. The highest BCUT2D eigenvalue weighted by Gasteiger charge is 2.17. The summed E-state index contributed by atoms with van der Waals surface area (Å²) < 4.78 is 5.57. The molecule has 0 aliphatic carbocycles. The molecule has 0 bridgehead atoms. The normalized spacial score (nSPS) is 18.6. The van der Waals surface area contributed by atoms with Crippen LogP contribution in [0.1, 0.15) is 31.9 Å². The molecule has 1 heterocycles. The van der Waals surface area contributed by atoms with Crippen LogP contribution in [0.3, 0.4) is 0 Å². The number of aliphatic hydroxyl groups excluding tert-OH is 1. The van der Waals surface area contributed by atoms with Crippen LogP contribution in [-0.2, 0) is 4.79 Å². The largest absolute Gasteiger partial charge is 0.491 e. The minimum Gasteiger partial charge on any atom is -0.491 e. The summed E-state index contributed by atoms with van der Waals surface area (Å²) in [7, 11) is 0. The molecule has 24 heavy (non-hydrogen) atoms. The van der Waals surface area contributed by atoms with E-state index in [2.05, 4.69) is 10.6 Å². The van der Waals surface area contributed by atoms with Crippen LogP contribution in [-0.4, -0.2) is 47.8 Å². The highest BCUT2D eigenvalue weighted by atomic mass is 35.5. The van der Waals surface area contributed by atoms with E-state index in [9.17, 15) is 9.90 Å². The van der Waals surface area contributed by atoms with Crippen LogP contribution in [0.15, 0.2) is 24.3 Å². The highest BCUT2D eigenvalue weighted by Crippen LogP contribution is 2.18. The van der Waals surface area contributed by atoms with E-state index in [-0.39, 0.29) is 37.0 Å². The van der Waals surface area contributed by atoms with Crippen molar-refractivity contribution in [3.63, 3.8) is 0 Å². The van der Waals surface area contributed by atoms with E-state index < -0.39 is 6.10 Å². The molecular formula is C17H27ClN2O3S. The predicted octanol–water partition coefficient (Wildman–Crippen LogP) is 2.14. The molecule has 2 atom stereocenters. The number of amides is 1. The average Bonchev–Trinajstić information content (AvgIpc) is 2.54. The molecule has 1 fully saturated rings. The average molecular weight is 375 g/mol. The molecule has 1 aromatic carbocycles. The zero-order chi connectivity index (χ0) is 16.7.